The maximum atomic E-state index is 14.8. The Balaban J connectivity index is 0.00000501. The number of carboxylic acid groups (broad SMARTS) is 1. The number of carbonyl (C=O) groups excluding carboxylic acids is 14. The SMILES string of the molecule is CC(=O)O.NCCCC[C@H](NC(=O)[C@@H]1CCCN1C(=O)C1CSSC[C@H](NC(=O)CNC(=O)CNC(=O)CN)C(=O)NC(Cc2ccc(O)cc2)C(=O)N[C@@H](Cc2ccccc2)C(=O)N[C@@H](CCC(N)=O)C(=O)NC(CC(N)=O)C(=O)N1)C(=O)NCC(N)=O. The molecule has 488 valence electrons. The maximum Gasteiger partial charge on any atom is 0.300 e. The second-order valence-electron chi connectivity index (χ2n) is 20.2. The molecule has 2 fully saturated rings. The summed E-state index contributed by atoms with van der Waals surface area (Å²) in [6, 6.07) is 1.48. The van der Waals surface area contributed by atoms with Crippen LogP contribution in [0.25, 0.3) is 0 Å². The summed E-state index contributed by atoms with van der Waals surface area (Å²) in [5.74, 6) is -14.7. The number of nitrogens with one attached hydrogen (secondary N) is 10. The first-order chi connectivity index (χ1) is 42.2. The van der Waals surface area contributed by atoms with E-state index in [-0.39, 0.29) is 56.7 Å². The monoisotopic (exact) mass is 1290 g/mol. The van der Waals surface area contributed by atoms with Crippen molar-refractivity contribution in [2.45, 2.75) is 119 Å². The van der Waals surface area contributed by atoms with Crippen LogP contribution >= 0.6 is 21.6 Å². The van der Waals surface area contributed by atoms with E-state index in [1.54, 1.807) is 30.3 Å². The van der Waals surface area contributed by atoms with E-state index in [1.807, 2.05) is 0 Å². The van der Waals surface area contributed by atoms with Crippen molar-refractivity contribution in [2.75, 3.05) is 50.8 Å². The zero-order valence-corrected chi connectivity index (χ0v) is 50.3. The second-order valence-corrected chi connectivity index (χ2v) is 22.8. The van der Waals surface area contributed by atoms with Crippen molar-refractivity contribution < 1.29 is 82.1 Å². The third-order valence-corrected chi connectivity index (χ3v) is 15.4. The first-order valence-electron chi connectivity index (χ1n) is 28.0. The van der Waals surface area contributed by atoms with Gasteiger partial charge in [-0.05, 0) is 68.3 Å². The lowest BCUT2D eigenvalue weighted by Gasteiger charge is -2.31. The predicted molar refractivity (Wildman–Crippen MR) is 321 cm³/mol. The highest BCUT2D eigenvalue weighted by molar-refractivity contribution is 8.76. The molecular formula is C54H78N16O17S2. The number of benzene rings is 2. The van der Waals surface area contributed by atoms with Crippen LogP contribution in [0.2, 0.25) is 0 Å². The quantitative estimate of drug-likeness (QED) is 0.0324. The summed E-state index contributed by atoms with van der Waals surface area (Å²) in [6.45, 7) is -0.927. The summed E-state index contributed by atoms with van der Waals surface area (Å²) in [4.78, 5) is 199. The minimum absolute atomic E-state index is 0.0517. The molecule has 0 aromatic heterocycles. The molecule has 35 heteroatoms. The number of nitrogens with zero attached hydrogens (tertiary/aromatic N) is 1. The average molecular weight is 1290 g/mol. The number of hydrogen-bond acceptors (Lipinski definition) is 20. The molecule has 89 heavy (non-hydrogen) atoms. The molecule has 2 aromatic rings. The smallest absolute Gasteiger partial charge is 0.300 e. The molecule has 0 radical (unpaired) electrons. The van der Waals surface area contributed by atoms with Gasteiger partial charge >= 0.3 is 0 Å². The Bertz CT molecular complexity index is 2840. The van der Waals surface area contributed by atoms with Crippen LogP contribution in [0.15, 0.2) is 54.6 Å². The normalized spacial score (nSPS) is 20.5. The number of rotatable bonds is 25. The van der Waals surface area contributed by atoms with Gasteiger partial charge in [0.05, 0.1) is 32.6 Å². The summed E-state index contributed by atoms with van der Waals surface area (Å²) in [5, 5.41) is 42.2. The van der Waals surface area contributed by atoms with E-state index in [0.29, 0.717) is 24.0 Å². The van der Waals surface area contributed by atoms with Crippen LogP contribution in [0.3, 0.4) is 0 Å². The first-order valence-corrected chi connectivity index (χ1v) is 30.4. The number of carboxylic acids is 1. The van der Waals surface area contributed by atoms with Gasteiger partial charge in [-0.1, -0.05) is 64.1 Å². The molecule has 3 unspecified atom stereocenters. The number of carbonyl (C=O) groups is 15. The first kappa shape index (κ1) is 74.2. The van der Waals surface area contributed by atoms with Crippen LogP contribution in [-0.4, -0.2) is 203 Å². The summed E-state index contributed by atoms with van der Waals surface area (Å²) < 4.78 is 0. The van der Waals surface area contributed by atoms with Crippen LogP contribution < -0.4 is 81.8 Å². The predicted octanol–water partition coefficient (Wildman–Crippen LogP) is -6.89. The lowest BCUT2D eigenvalue weighted by molar-refractivity contribution is -0.142. The van der Waals surface area contributed by atoms with Crippen LogP contribution in [-0.2, 0) is 84.8 Å². The minimum Gasteiger partial charge on any atom is -0.508 e. The van der Waals surface area contributed by atoms with Gasteiger partial charge in [0.15, 0.2) is 0 Å². The molecule has 4 rings (SSSR count). The number of unbranched alkanes of at least 4 members (excludes halogenated alkanes) is 1. The van der Waals surface area contributed by atoms with Gasteiger partial charge in [0.1, 0.15) is 54.1 Å². The highest BCUT2D eigenvalue weighted by Gasteiger charge is 2.41. The molecule has 8 atom stereocenters. The molecule has 14 amide bonds. The largest absolute Gasteiger partial charge is 0.508 e. The number of nitrogens with two attached hydrogens (primary N) is 5. The number of phenolic OH excluding ortho intramolecular Hbond substituents is 1. The molecule has 2 aliphatic rings. The van der Waals surface area contributed by atoms with Gasteiger partial charge in [-0.25, -0.2) is 0 Å². The number of phenols is 1. The van der Waals surface area contributed by atoms with Crippen molar-refractivity contribution in [3.05, 3.63) is 65.7 Å². The average Bonchev–Trinajstić information content (AvgIpc) is 4.20. The standard InChI is InChI=1S/C52H74N16O15S2.C2H4O2/c53-17-5-4-9-31(45(76)60-23-41(57)72)63-51(82)38-10-6-18-68(38)52(83)37-27-85-84-26-36(61-44(75)25-59-43(74)24-58-42(73)22-54)50(81)65-34(20-29-11-13-30(69)14-12-29)48(79)64-33(19-28-7-2-1-3-8-28)47(78)62-32(15-16-39(55)70)46(77)66-35(21-40(56)71)49(80)67-37;1-2(3)4/h1-3,7-8,11-14,31-38,69H,4-6,9-10,15-27,53-54H2,(H2,55,70)(H2,56,71)(H2,57,72)(H,58,73)(H,59,74)(H,60,76)(H,61,75)(H,62,78)(H,63,82)(H,64,79)(H,65,81)(H,66,77)(H,67,80);1H3,(H,3,4)/t31-,32-,33-,34?,35?,36-,37?,38-;/m0./s1. The van der Waals surface area contributed by atoms with Crippen molar-refractivity contribution in [1.29, 1.82) is 0 Å². The van der Waals surface area contributed by atoms with Crippen LogP contribution in [0.5, 0.6) is 5.75 Å². The van der Waals surface area contributed by atoms with E-state index in [4.69, 9.17) is 38.6 Å². The van der Waals surface area contributed by atoms with Gasteiger partial charge in [0.25, 0.3) is 5.97 Å². The molecule has 0 saturated carbocycles. The van der Waals surface area contributed by atoms with E-state index >= 15 is 0 Å². The maximum absolute atomic E-state index is 14.8. The minimum atomic E-state index is -1.87. The second kappa shape index (κ2) is 38.9. The van der Waals surface area contributed by atoms with Crippen LogP contribution in [0, 0.1) is 0 Å². The Hall–Kier alpha value is -9.09. The van der Waals surface area contributed by atoms with E-state index in [9.17, 15) is 72.2 Å². The number of aliphatic carboxylic acids is 1. The van der Waals surface area contributed by atoms with Gasteiger partial charge in [0, 0.05) is 44.2 Å². The van der Waals surface area contributed by atoms with E-state index in [2.05, 4.69) is 53.2 Å². The molecule has 2 heterocycles. The Morgan fingerprint density at radius 3 is 1.79 bits per heavy atom. The summed E-state index contributed by atoms with van der Waals surface area (Å²) in [6.07, 6.45) is -1.13. The van der Waals surface area contributed by atoms with Gasteiger partial charge in [-0.2, -0.15) is 0 Å². The van der Waals surface area contributed by atoms with Crippen molar-refractivity contribution in [2.24, 2.45) is 28.7 Å². The number of likely N-dealkylation sites (tertiary alicyclic amines) is 1. The molecule has 2 saturated heterocycles. The van der Waals surface area contributed by atoms with Gasteiger partial charge in [-0.3, -0.25) is 71.9 Å². The highest BCUT2D eigenvalue weighted by Crippen LogP contribution is 2.26. The fourth-order valence-corrected chi connectivity index (χ4v) is 10.9. The summed E-state index contributed by atoms with van der Waals surface area (Å²) in [5.41, 5.74) is 28.1. The van der Waals surface area contributed by atoms with Crippen LogP contribution in [0.1, 0.15) is 69.4 Å². The molecule has 0 bridgehead atoms. The Labute approximate surface area is 518 Å². The third-order valence-electron chi connectivity index (χ3n) is 13.0. The lowest BCUT2D eigenvalue weighted by Crippen LogP contribution is -2.61. The highest BCUT2D eigenvalue weighted by atomic mass is 33.1. The molecule has 0 aliphatic carbocycles. The Kier molecular flexibility index (Phi) is 32.4. The molecule has 2 aliphatic heterocycles. The van der Waals surface area contributed by atoms with E-state index in [1.165, 1.54) is 24.3 Å². The number of aromatic hydroxyl groups is 1. The van der Waals surface area contributed by atoms with Crippen LogP contribution in [0.4, 0.5) is 0 Å². The summed E-state index contributed by atoms with van der Waals surface area (Å²) in [7, 11) is 1.73. The van der Waals surface area contributed by atoms with E-state index in [0.717, 1.165) is 33.4 Å². The van der Waals surface area contributed by atoms with Crippen molar-refractivity contribution >= 4 is 110 Å². The van der Waals surface area contributed by atoms with Crippen molar-refractivity contribution in [3.8, 4) is 5.75 Å². The molecule has 22 N–H and O–H groups in total. The zero-order chi connectivity index (χ0) is 66.2. The van der Waals surface area contributed by atoms with Crippen molar-refractivity contribution in [1.82, 2.24) is 58.1 Å². The molecule has 33 nitrogen and oxygen atoms in total. The summed E-state index contributed by atoms with van der Waals surface area (Å²) >= 11 is 0. The topological polar surface area (TPSA) is 550 Å². The number of primary amides is 3. The van der Waals surface area contributed by atoms with Gasteiger partial charge in [0.2, 0.25) is 82.7 Å². The zero-order valence-electron chi connectivity index (χ0n) is 48.7. The Morgan fingerprint density at radius 2 is 1.19 bits per heavy atom. The fourth-order valence-electron chi connectivity index (χ4n) is 8.62. The molecular weight excluding hydrogens is 1210 g/mol. The van der Waals surface area contributed by atoms with E-state index < -0.39 is 188 Å². The number of hydrogen-bond donors (Lipinski definition) is 17. The molecule has 0 spiro atoms. The van der Waals surface area contributed by atoms with Crippen molar-refractivity contribution in [3.63, 3.8) is 0 Å². The lowest BCUT2D eigenvalue weighted by atomic mass is 10.0. The molecule has 2 aromatic carbocycles. The number of amides is 14. The fraction of sp³-hybridized carbons (Fsp3) is 0.500. The van der Waals surface area contributed by atoms with Gasteiger partial charge < -0.3 is 96.9 Å². The van der Waals surface area contributed by atoms with Gasteiger partial charge in [-0.15, -0.1) is 0 Å². The third kappa shape index (κ3) is 28.1. The Morgan fingerprint density at radius 1 is 0.640 bits per heavy atom.